The van der Waals surface area contributed by atoms with E-state index in [1.54, 1.807) is 31.2 Å². The molecule has 1 aliphatic rings. The Hall–Kier alpha value is -2.63. The fraction of sp³-hybridized carbons (Fsp3) is 0.300. The summed E-state index contributed by atoms with van der Waals surface area (Å²) in [6, 6.07) is 9.79. The maximum Gasteiger partial charge on any atom is 0.416 e. The van der Waals surface area contributed by atoms with Crippen molar-refractivity contribution in [1.29, 1.82) is 0 Å². The normalized spacial score (nSPS) is 19.2. The van der Waals surface area contributed by atoms with Crippen LogP contribution in [0.4, 0.5) is 23.7 Å². The van der Waals surface area contributed by atoms with Crippen molar-refractivity contribution < 1.29 is 26.4 Å². The van der Waals surface area contributed by atoms with Crippen molar-refractivity contribution in [3.8, 4) is 0 Å². The molecule has 0 saturated carbocycles. The number of carbonyl (C=O) groups is 1. The lowest BCUT2D eigenvalue weighted by Crippen LogP contribution is -2.55. The second kappa shape index (κ2) is 8.38. The molecule has 1 N–H and O–H groups in total. The van der Waals surface area contributed by atoms with Gasteiger partial charge in [0.15, 0.2) is 0 Å². The third-order valence-corrected chi connectivity index (χ3v) is 6.85. The molecule has 1 atom stereocenters. The number of halogens is 4. The number of amides is 2. The first kappa shape index (κ1) is 24.0. The van der Waals surface area contributed by atoms with E-state index in [9.17, 15) is 26.4 Å². The largest absolute Gasteiger partial charge is 0.416 e. The standard InChI is InChI=1S/C20H20ClF3N4O3S/c1-19(27(2)32(3,30)31)12-28(26-17(19)13-4-8-15(21)9-5-13)18(29)25-16-10-6-14(7-11-16)20(22,23)24/h4-11H,12H2,1-3H3,(H,25,29). The molecule has 0 spiro atoms. The van der Waals surface area contributed by atoms with Crippen LogP contribution < -0.4 is 5.32 Å². The van der Waals surface area contributed by atoms with E-state index in [0.29, 0.717) is 16.3 Å². The molecule has 172 valence electrons. The van der Waals surface area contributed by atoms with E-state index in [0.717, 1.165) is 39.8 Å². The maximum atomic E-state index is 12.8. The minimum atomic E-state index is -4.49. The molecule has 1 heterocycles. The second-order valence-corrected chi connectivity index (χ2v) is 9.97. The highest BCUT2D eigenvalue weighted by molar-refractivity contribution is 7.88. The summed E-state index contributed by atoms with van der Waals surface area (Å²) in [5.41, 5.74) is -1.01. The van der Waals surface area contributed by atoms with E-state index in [2.05, 4.69) is 10.4 Å². The van der Waals surface area contributed by atoms with Crippen LogP contribution in [0.1, 0.15) is 18.1 Å². The van der Waals surface area contributed by atoms with Gasteiger partial charge in [-0.15, -0.1) is 0 Å². The van der Waals surface area contributed by atoms with Crippen molar-refractivity contribution in [2.24, 2.45) is 5.10 Å². The number of carbonyl (C=O) groups excluding carboxylic acids is 1. The number of benzene rings is 2. The molecular weight excluding hydrogens is 469 g/mol. The number of alkyl halides is 3. The van der Waals surface area contributed by atoms with Crippen LogP contribution in [0.2, 0.25) is 5.02 Å². The van der Waals surface area contributed by atoms with E-state index < -0.39 is 33.3 Å². The number of nitrogens with zero attached hydrogens (tertiary/aromatic N) is 3. The molecule has 12 heteroatoms. The van der Waals surface area contributed by atoms with Gasteiger partial charge in [0.2, 0.25) is 10.0 Å². The molecule has 0 bridgehead atoms. The highest BCUT2D eigenvalue weighted by Gasteiger charge is 2.47. The molecule has 0 saturated heterocycles. The van der Waals surface area contributed by atoms with Crippen LogP contribution in [0.25, 0.3) is 0 Å². The third kappa shape index (κ3) is 4.89. The van der Waals surface area contributed by atoms with Crippen LogP contribution in [0.5, 0.6) is 0 Å². The first-order chi connectivity index (χ1) is 14.7. The topological polar surface area (TPSA) is 82.1 Å². The van der Waals surface area contributed by atoms with Gasteiger partial charge in [-0.1, -0.05) is 23.7 Å². The van der Waals surface area contributed by atoms with Crippen LogP contribution >= 0.6 is 11.6 Å². The van der Waals surface area contributed by atoms with Crippen LogP contribution in [-0.2, 0) is 16.2 Å². The molecule has 3 rings (SSSR count). The smallest absolute Gasteiger partial charge is 0.306 e. The Kier molecular flexibility index (Phi) is 6.29. The summed E-state index contributed by atoms with van der Waals surface area (Å²) in [4.78, 5) is 12.8. The molecule has 1 aliphatic heterocycles. The van der Waals surface area contributed by atoms with E-state index in [1.165, 1.54) is 7.05 Å². The predicted octanol–water partition coefficient (Wildman–Crippen LogP) is 4.26. The molecule has 0 aromatic heterocycles. The van der Waals surface area contributed by atoms with Gasteiger partial charge < -0.3 is 5.32 Å². The quantitative estimate of drug-likeness (QED) is 0.698. The number of hydrazone groups is 1. The SMILES string of the molecule is CN(C1(C)CN(C(=O)Nc2ccc(C(F)(F)F)cc2)N=C1c1ccc(Cl)cc1)S(C)(=O)=O. The minimum Gasteiger partial charge on any atom is -0.306 e. The number of nitrogens with one attached hydrogen (secondary N) is 1. The lowest BCUT2D eigenvalue weighted by atomic mass is 9.91. The summed E-state index contributed by atoms with van der Waals surface area (Å²) >= 11 is 5.94. The van der Waals surface area contributed by atoms with Gasteiger partial charge in [-0.25, -0.2) is 18.2 Å². The van der Waals surface area contributed by atoms with Crippen LogP contribution in [0, 0.1) is 0 Å². The number of hydrogen-bond donors (Lipinski definition) is 1. The Morgan fingerprint density at radius 1 is 1.16 bits per heavy atom. The fourth-order valence-corrected chi connectivity index (χ4v) is 4.27. The van der Waals surface area contributed by atoms with Gasteiger partial charge in [-0.05, 0) is 48.9 Å². The Balaban J connectivity index is 1.91. The van der Waals surface area contributed by atoms with Gasteiger partial charge in [-0.3, -0.25) is 0 Å². The number of hydrogen-bond acceptors (Lipinski definition) is 4. The molecular formula is C20H20ClF3N4O3S. The van der Waals surface area contributed by atoms with E-state index in [-0.39, 0.29) is 12.2 Å². The lowest BCUT2D eigenvalue weighted by molar-refractivity contribution is -0.137. The molecule has 0 fully saturated rings. The average molecular weight is 489 g/mol. The lowest BCUT2D eigenvalue weighted by Gasteiger charge is -2.34. The monoisotopic (exact) mass is 488 g/mol. The third-order valence-electron chi connectivity index (χ3n) is 5.20. The number of urea groups is 1. The molecule has 7 nitrogen and oxygen atoms in total. The van der Waals surface area contributed by atoms with Gasteiger partial charge in [0.1, 0.15) is 0 Å². The highest BCUT2D eigenvalue weighted by atomic mass is 35.5. The highest BCUT2D eigenvalue weighted by Crippen LogP contribution is 2.32. The Morgan fingerprint density at radius 2 is 1.72 bits per heavy atom. The van der Waals surface area contributed by atoms with Crippen molar-refractivity contribution in [3.63, 3.8) is 0 Å². The summed E-state index contributed by atoms with van der Waals surface area (Å²) in [6.45, 7) is 1.52. The second-order valence-electron chi connectivity index (χ2n) is 7.52. The number of likely N-dealkylation sites (N-methyl/N-ethyl adjacent to an activating group) is 1. The average Bonchev–Trinajstić information content (AvgIpc) is 3.06. The van der Waals surface area contributed by atoms with Gasteiger partial charge >= 0.3 is 12.2 Å². The summed E-state index contributed by atoms with van der Waals surface area (Å²) in [6.07, 6.45) is -3.45. The Morgan fingerprint density at radius 3 is 2.22 bits per heavy atom. The van der Waals surface area contributed by atoms with Crippen molar-refractivity contribution in [3.05, 3.63) is 64.7 Å². The van der Waals surface area contributed by atoms with Crippen molar-refractivity contribution >= 4 is 39.1 Å². The van der Waals surface area contributed by atoms with Gasteiger partial charge in [0, 0.05) is 17.8 Å². The van der Waals surface area contributed by atoms with Crippen LogP contribution in [0.3, 0.4) is 0 Å². The van der Waals surface area contributed by atoms with Crippen molar-refractivity contribution in [2.75, 3.05) is 25.2 Å². The van der Waals surface area contributed by atoms with Crippen LogP contribution in [0.15, 0.2) is 53.6 Å². The van der Waals surface area contributed by atoms with Gasteiger partial charge in [0.25, 0.3) is 0 Å². The molecule has 32 heavy (non-hydrogen) atoms. The Labute approximate surface area is 188 Å². The number of anilines is 1. The molecule has 2 amide bonds. The van der Waals surface area contributed by atoms with Gasteiger partial charge in [-0.2, -0.15) is 22.6 Å². The van der Waals surface area contributed by atoms with Gasteiger partial charge in [0.05, 0.1) is 29.6 Å². The summed E-state index contributed by atoms with van der Waals surface area (Å²) in [5.74, 6) is 0. The zero-order valence-corrected chi connectivity index (χ0v) is 18.9. The Bertz CT molecular complexity index is 1150. The maximum absolute atomic E-state index is 12.8. The minimum absolute atomic E-state index is 0.110. The molecule has 1 unspecified atom stereocenters. The number of sulfonamides is 1. The number of rotatable bonds is 4. The molecule has 2 aromatic rings. The summed E-state index contributed by atoms with van der Waals surface area (Å²) in [7, 11) is -2.27. The fourth-order valence-electron chi connectivity index (χ4n) is 3.27. The van der Waals surface area contributed by atoms with E-state index >= 15 is 0 Å². The summed E-state index contributed by atoms with van der Waals surface area (Å²) in [5, 5.41) is 8.34. The predicted molar refractivity (Wildman–Crippen MR) is 116 cm³/mol. The van der Waals surface area contributed by atoms with Crippen molar-refractivity contribution in [1.82, 2.24) is 9.31 Å². The molecule has 0 aliphatic carbocycles. The van der Waals surface area contributed by atoms with Crippen molar-refractivity contribution in [2.45, 2.75) is 18.6 Å². The first-order valence-corrected chi connectivity index (χ1v) is 11.5. The zero-order valence-electron chi connectivity index (χ0n) is 17.3. The van der Waals surface area contributed by atoms with E-state index in [4.69, 9.17) is 11.6 Å². The molecule has 2 aromatic carbocycles. The summed E-state index contributed by atoms with van der Waals surface area (Å²) < 4.78 is 63.9. The molecule has 0 radical (unpaired) electrons. The van der Waals surface area contributed by atoms with Crippen LogP contribution in [-0.4, -0.2) is 54.9 Å². The van der Waals surface area contributed by atoms with E-state index in [1.807, 2.05) is 0 Å². The first-order valence-electron chi connectivity index (χ1n) is 9.26. The zero-order chi connectivity index (χ0) is 23.9.